The summed E-state index contributed by atoms with van der Waals surface area (Å²) in [5.41, 5.74) is 0. The van der Waals surface area contributed by atoms with Crippen LogP contribution in [0.15, 0.2) is 36.5 Å². The third-order valence-electron chi connectivity index (χ3n) is 7.83. The number of phosphoric acid groups is 1. The molecule has 0 bridgehead atoms. The molecule has 0 aromatic rings. The Kier molecular flexibility index (Phi) is 29.0. The number of carbonyl (C=O) groups is 1. The minimum Gasteiger partial charge on any atom is -0.387 e. The first-order valence-corrected chi connectivity index (χ1v) is 19.9. The zero-order chi connectivity index (χ0) is 34.4. The molecule has 0 spiro atoms. The Bertz CT molecular complexity index is 855. The van der Waals surface area contributed by atoms with E-state index in [0.717, 1.165) is 38.5 Å². The molecule has 9 heteroatoms. The number of nitrogens with one attached hydrogen (secondary N) is 1. The molecule has 1 amide bonds. The second kappa shape index (κ2) is 29.8. The molecular weight excluding hydrogens is 599 g/mol. The average Bonchev–Trinajstić information content (AvgIpc) is 2.99. The molecule has 0 aliphatic carbocycles. The van der Waals surface area contributed by atoms with Crippen LogP contribution in [0.4, 0.5) is 0 Å². The van der Waals surface area contributed by atoms with E-state index in [1.165, 1.54) is 83.5 Å². The summed E-state index contributed by atoms with van der Waals surface area (Å²) in [5.74, 6) is -0.198. The lowest BCUT2D eigenvalue weighted by Gasteiger charge is -2.25. The van der Waals surface area contributed by atoms with Crippen molar-refractivity contribution in [2.75, 3.05) is 40.9 Å². The molecule has 0 aliphatic rings. The smallest absolute Gasteiger partial charge is 0.387 e. The maximum Gasteiger partial charge on any atom is 0.472 e. The van der Waals surface area contributed by atoms with Crippen molar-refractivity contribution in [1.82, 2.24) is 5.32 Å². The molecule has 0 aliphatic heterocycles. The third kappa shape index (κ3) is 31.3. The number of carbonyl (C=O) groups excluding carboxylic acids is 1. The highest BCUT2D eigenvalue weighted by Gasteiger charge is 2.27. The van der Waals surface area contributed by atoms with Crippen LogP contribution in [0, 0.1) is 0 Å². The van der Waals surface area contributed by atoms with Gasteiger partial charge >= 0.3 is 7.82 Å². The van der Waals surface area contributed by atoms with Crippen LogP contribution in [0.5, 0.6) is 0 Å². The molecular formula is C37H72N2O6P+. The van der Waals surface area contributed by atoms with Crippen molar-refractivity contribution in [3.63, 3.8) is 0 Å². The zero-order valence-electron chi connectivity index (χ0n) is 30.3. The molecule has 8 nitrogen and oxygen atoms in total. The van der Waals surface area contributed by atoms with Crippen molar-refractivity contribution in [2.24, 2.45) is 0 Å². The Morgan fingerprint density at radius 3 is 1.78 bits per heavy atom. The Hall–Kier alpha value is -1.28. The zero-order valence-corrected chi connectivity index (χ0v) is 31.2. The van der Waals surface area contributed by atoms with Crippen molar-refractivity contribution in [2.45, 2.75) is 154 Å². The highest BCUT2D eigenvalue weighted by molar-refractivity contribution is 7.47. The number of rotatable bonds is 32. The molecule has 270 valence electrons. The number of aliphatic hydroxyl groups excluding tert-OH is 1. The van der Waals surface area contributed by atoms with Gasteiger partial charge in [0.05, 0.1) is 39.9 Å². The first-order chi connectivity index (χ1) is 22.0. The van der Waals surface area contributed by atoms with Crippen molar-refractivity contribution >= 4 is 13.7 Å². The van der Waals surface area contributed by atoms with Crippen LogP contribution < -0.4 is 5.32 Å². The maximum absolute atomic E-state index is 12.7. The fourth-order valence-electron chi connectivity index (χ4n) is 4.81. The minimum absolute atomic E-state index is 0.0545. The first kappa shape index (κ1) is 44.7. The van der Waals surface area contributed by atoms with Gasteiger partial charge in [-0.3, -0.25) is 13.8 Å². The van der Waals surface area contributed by atoms with Crippen molar-refractivity contribution in [1.29, 1.82) is 0 Å². The highest BCUT2D eigenvalue weighted by Crippen LogP contribution is 2.43. The Morgan fingerprint density at radius 1 is 0.717 bits per heavy atom. The molecule has 0 rings (SSSR count). The van der Waals surface area contributed by atoms with Crippen LogP contribution in [-0.4, -0.2) is 73.4 Å². The molecule has 0 fully saturated rings. The molecule has 0 saturated heterocycles. The lowest BCUT2D eigenvalue weighted by atomic mass is 10.1. The van der Waals surface area contributed by atoms with Gasteiger partial charge in [-0.25, -0.2) is 4.57 Å². The number of quaternary nitrogens is 1. The van der Waals surface area contributed by atoms with E-state index >= 15 is 0 Å². The number of unbranched alkanes of at least 4 members (excludes halogenated alkanes) is 15. The predicted molar refractivity (Wildman–Crippen MR) is 194 cm³/mol. The number of hydrogen-bond donors (Lipinski definition) is 3. The van der Waals surface area contributed by atoms with E-state index in [4.69, 9.17) is 9.05 Å². The number of nitrogens with zero attached hydrogens (tertiary/aromatic N) is 1. The van der Waals surface area contributed by atoms with Gasteiger partial charge in [-0.15, -0.1) is 0 Å². The summed E-state index contributed by atoms with van der Waals surface area (Å²) in [4.78, 5) is 22.9. The van der Waals surface area contributed by atoms with Crippen LogP contribution >= 0.6 is 7.82 Å². The van der Waals surface area contributed by atoms with Crippen molar-refractivity contribution in [3.8, 4) is 0 Å². The van der Waals surface area contributed by atoms with Crippen LogP contribution in [0.1, 0.15) is 142 Å². The van der Waals surface area contributed by atoms with Gasteiger partial charge in [-0.2, -0.15) is 0 Å². The van der Waals surface area contributed by atoms with Gasteiger partial charge in [0, 0.05) is 6.42 Å². The molecule has 3 N–H and O–H groups in total. The predicted octanol–water partition coefficient (Wildman–Crippen LogP) is 9.18. The summed E-state index contributed by atoms with van der Waals surface area (Å²) in [6.07, 6.45) is 33.6. The van der Waals surface area contributed by atoms with Crippen LogP contribution in [0.3, 0.4) is 0 Å². The molecule has 0 aromatic carbocycles. The van der Waals surface area contributed by atoms with Crippen LogP contribution in [-0.2, 0) is 18.4 Å². The van der Waals surface area contributed by atoms with Crippen LogP contribution in [0.2, 0.25) is 0 Å². The Balaban J connectivity index is 4.54. The minimum atomic E-state index is -4.33. The first-order valence-electron chi connectivity index (χ1n) is 18.4. The van der Waals surface area contributed by atoms with E-state index in [9.17, 15) is 19.4 Å². The Labute approximate surface area is 283 Å². The number of amides is 1. The topological polar surface area (TPSA) is 105 Å². The van der Waals surface area contributed by atoms with E-state index in [1.54, 1.807) is 6.08 Å². The largest absolute Gasteiger partial charge is 0.472 e. The molecule has 3 atom stereocenters. The van der Waals surface area contributed by atoms with Gasteiger partial charge in [-0.05, 0) is 57.8 Å². The summed E-state index contributed by atoms with van der Waals surface area (Å²) >= 11 is 0. The summed E-state index contributed by atoms with van der Waals surface area (Å²) in [6, 6.07) is -0.860. The number of phosphoric ester groups is 1. The fraction of sp³-hybridized carbons (Fsp3) is 0.811. The van der Waals surface area contributed by atoms with E-state index in [1.807, 2.05) is 27.2 Å². The number of hydrogen-bond acceptors (Lipinski definition) is 5. The SMILES string of the molecule is CCCCC/C=C/CC/C=C/C(O)C(COP(=O)(O)OCC[N+](C)(C)C)NC(=O)CCCCCCCCC/C=C\CCCCCC. The number of aliphatic hydroxyl groups is 1. The van der Waals surface area contributed by atoms with E-state index < -0.39 is 20.0 Å². The quantitative estimate of drug-likeness (QED) is 0.0285. The van der Waals surface area contributed by atoms with Crippen LogP contribution in [0.25, 0.3) is 0 Å². The molecule has 3 unspecified atom stereocenters. The summed E-state index contributed by atoms with van der Waals surface area (Å²) in [5, 5.41) is 13.6. The van der Waals surface area contributed by atoms with Crippen molar-refractivity contribution in [3.05, 3.63) is 36.5 Å². The fourth-order valence-corrected chi connectivity index (χ4v) is 5.55. The standard InChI is InChI=1S/C37H71N2O6P/c1-6-8-10-12-14-16-17-18-19-20-21-23-25-27-29-31-37(41)38-35(34-45-46(42,43)44-33-32-39(3,4)5)36(40)30-28-26-24-22-15-13-11-9-7-2/h15-17,22,28,30,35-36,40H,6-14,18-21,23-27,29,31-34H2,1-5H3,(H-,38,41,42,43)/p+1/b17-16-,22-15+,30-28+. The lowest BCUT2D eigenvalue weighted by molar-refractivity contribution is -0.870. The van der Waals surface area contributed by atoms with E-state index in [2.05, 4.69) is 43.5 Å². The molecule has 0 heterocycles. The monoisotopic (exact) mass is 672 g/mol. The summed E-state index contributed by atoms with van der Waals surface area (Å²) in [6.45, 7) is 4.69. The van der Waals surface area contributed by atoms with E-state index in [-0.39, 0.29) is 19.1 Å². The summed E-state index contributed by atoms with van der Waals surface area (Å²) in [7, 11) is 1.54. The number of likely N-dealkylation sites (N-methyl/N-ethyl adjacent to an activating group) is 1. The average molecular weight is 672 g/mol. The van der Waals surface area contributed by atoms with Gasteiger partial charge in [0.15, 0.2) is 0 Å². The maximum atomic E-state index is 12.7. The highest BCUT2D eigenvalue weighted by atomic mass is 31.2. The normalized spacial score (nSPS) is 15.2. The third-order valence-corrected chi connectivity index (χ3v) is 8.82. The van der Waals surface area contributed by atoms with Gasteiger partial charge in [0.25, 0.3) is 0 Å². The second-order valence-electron chi connectivity index (χ2n) is 13.6. The second-order valence-corrected chi connectivity index (χ2v) is 15.0. The van der Waals surface area contributed by atoms with Gasteiger partial charge in [0.2, 0.25) is 5.91 Å². The molecule has 0 radical (unpaired) electrons. The van der Waals surface area contributed by atoms with E-state index in [0.29, 0.717) is 17.4 Å². The number of allylic oxidation sites excluding steroid dienone is 5. The molecule has 0 saturated carbocycles. The van der Waals surface area contributed by atoms with Gasteiger partial charge in [0.1, 0.15) is 13.2 Å². The van der Waals surface area contributed by atoms with Gasteiger partial charge < -0.3 is 19.8 Å². The molecule has 46 heavy (non-hydrogen) atoms. The Morgan fingerprint density at radius 2 is 1.20 bits per heavy atom. The van der Waals surface area contributed by atoms with Crippen molar-refractivity contribution < 1.29 is 32.9 Å². The molecule has 0 aromatic heterocycles. The summed E-state index contributed by atoms with van der Waals surface area (Å²) < 4.78 is 23.3. The lowest BCUT2D eigenvalue weighted by Crippen LogP contribution is -2.45. The van der Waals surface area contributed by atoms with Gasteiger partial charge in [-0.1, -0.05) is 115 Å².